The Bertz CT molecular complexity index is 458. The molecule has 1 aromatic heterocycles. The molecular formula is C14H18N2. The molecule has 2 nitrogen and oxygen atoms in total. The molecule has 2 aromatic rings. The van der Waals surface area contributed by atoms with E-state index in [2.05, 4.69) is 48.4 Å². The van der Waals surface area contributed by atoms with Crippen LogP contribution in [-0.4, -0.2) is 11.5 Å². The summed E-state index contributed by atoms with van der Waals surface area (Å²) in [6.07, 6.45) is 1.88. The lowest BCUT2D eigenvalue weighted by atomic mass is 10.1. The SMILES string of the molecule is CC(C)CNCc1ccnc2ccccc12. The number of hydrogen-bond donors (Lipinski definition) is 1. The van der Waals surface area contributed by atoms with Crippen LogP contribution in [0.15, 0.2) is 36.5 Å². The van der Waals surface area contributed by atoms with Crippen LogP contribution in [0, 0.1) is 5.92 Å². The van der Waals surface area contributed by atoms with Gasteiger partial charge < -0.3 is 5.32 Å². The van der Waals surface area contributed by atoms with Crippen LogP contribution in [0.25, 0.3) is 10.9 Å². The van der Waals surface area contributed by atoms with Crippen LogP contribution in [-0.2, 0) is 6.54 Å². The summed E-state index contributed by atoms with van der Waals surface area (Å²) in [4.78, 5) is 4.36. The fraction of sp³-hybridized carbons (Fsp3) is 0.357. The third kappa shape index (κ3) is 2.58. The molecular weight excluding hydrogens is 196 g/mol. The smallest absolute Gasteiger partial charge is 0.0705 e. The van der Waals surface area contributed by atoms with Crippen molar-refractivity contribution in [1.82, 2.24) is 10.3 Å². The average molecular weight is 214 g/mol. The van der Waals surface area contributed by atoms with Crippen LogP contribution in [0.5, 0.6) is 0 Å². The third-order valence-electron chi connectivity index (χ3n) is 2.61. The Morgan fingerprint density at radius 3 is 2.81 bits per heavy atom. The Morgan fingerprint density at radius 1 is 1.19 bits per heavy atom. The van der Waals surface area contributed by atoms with Gasteiger partial charge in [0.25, 0.3) is 0 Å². The second kappa shape index (κ2) is 5.08. The van der Waals surface area contributed by atoms with Crippen LogP contribution in [0.1, 0.15) is 19.4 Å². The monoisotopic (exact) mass is 214 g/mol. The van der Waals surface area contributed by atoms with E-state index in [-0.39, 0.29) is 0 Å². The number of benzene rings is 1. The van der Waals surface area contributed by atoms with Gasteiger partial charge in [-0.15, -0.1) is 0 Å². The Hall–Kier alpha value is -1.41. The molecule has 2 rings (SSSR count). The van der Waals surface area contributed by atoms with Gasteiger partial charge in [-0.25, -0.2) is 0 Å². The molecule has 0 saturated carbocycles. The van der Waals surface area contributed by atoms with Crippen molar-refractivity contribution in [2.45, 2.75) is 20.4 Å². The predicted molar refractivity (Wildman–Crippen MR) is 68.3 cm³/mol. The maximum atomic E-state index is 4.36. The first-order valence-electron chi connectivity index (χ1n) is 5.80. The van der Waals surface area contributed by atoms with E-state index in [1.165, 1.54) is 10.9 Å². The Morgan fingerprint density at radius 2 is 2.00 bits per heavy atom. The molecule has 84 valence electrons. The van der Waals surface area contributed by atoms with E-state index < -0.39 is 0 Å². The summed E-state index contributed by atoms with van der Waals surface area (Å²) in [5.74, 6) is 0.688. The highest BCUT2D eigenvalue weighted by Crippen LogP contribution is 2.15. The van der Waals surface area contributed by atoms with E-state index in [1.54, 1.807) is 0 Å². The Labute approximate surface area is 96.7 Å². The Balaban J connectivity index is 2.17. The van der Waals surface area contributed by atoms with Gasteiger partial charge in [0.1, 0.15) is 0 Å². The number of rotatable bonds is 4. The number of para-hydroxylation sites is 1. The maximum Gasteiger partial charge on any atom is 0.0705 e. The van der Waals surface area contributed by atoms with Gasteiger partial charge in [0.2, 0.25) is 0 Å². The van der Waals surface area contributed by atoms with Crippen molar-refractivity contribution in [3.63, 3.8) is 0 Å². The minimum absolute atomic E-state index is 0.688. The van der Waals surface area contributed by atoms with Crippen LogP contribution in [0.3, 0.4) is 0 Å². The summed E-state index contributed by atoms with van der Waals surface area (Å²) in [7, 11) is 0. The van der Waals surface area contributed by atoms with Crippen molar-refractivity contribution in [2.75, 3.05) is 6.54 Å². The number of fused-ring (bicyclic) bond motifs is 1. The molecule has 0 aliphatic heterocycles. The van der Waals surface area contributed by atoms with Gasteiger partial charge in [-0.05, 0) is 30.2 Å². The molecule has 0 bridgehead atoms. The Kier molecular flexibility index (Phi) is 3.52. The van der Waals surface area contributed by atoms with E-state index in [1.807, 2.05) is 12.3 Å². The molecule has 0 unspecified atom stereocenters. The lowest BCUT2D eigenvalue weighted by Gasteiger charge is -2.09. The van der Waals surface area contributed by atoms with Gasteiger partial charge in [-0.2, -0.15) is 0 Å². The molecule has 1 N–H and O–H groups in total. The van der Waals surface area contributed by atoms with Crippen molar-refractivity contribution < 1.29 is 0 Å². The third-order valence-corrected chi connectivity index (χ3v) is 2.61. The van der Waals surface area contributed by atoms with E-state index in [0.717, 1.165) is 18.6 Å². The predicted octanol–water partition coefficient (Wildman–Crippen LogP) is 2.98. The minimum atomic E-state index is 0.688. The van der Waals surface area contributed by atoms with Gasteiger partial charge in [0.05, 0.1) is 5.52 Å². The summed E-state index contributed by atoms with van der Waals surface area (Å²) < 4.78 is 0. The number of nitrogens with zero attached hydrogens (tertiary/aromatic N) is 1. The van der Waals surface area contributed by atoms with Crippen LogP contribution < -0.4 is 5.32 Å². The quantitative estimate of drug-likeness (QED) is 0.846. The molecule has 16 heavy (non-hydrogen) atoms. The topological polar surface area (TPSA) is 24.9 Å². The van der Waals surface area contributed by atoms with Crippen molar-refractivity contribution >= 4 is 10.9 Å². The summed E-state index contributed by atoms with van der Waals surface area (Å²) >= 11 is 0. The molecule has 0 aliphatic carbocycles. The largest absolute Gasteiger partial charge is 0.312 e. The molecule has 0 atom stereocenters. The number of nitrogens with one attached hydrogen (secondary N) is 1. The maximum absolute atomic E-state index is 4.36. The molecule has 0 aliphatic rings. The minimum Gasteiger partial charge on any atom is -0.312 e. The van der Waals surface area contributed by atoms with Crippen molar-refractivity contribution in [3.8, 4) is 0 Å². The molecule has 1 aromatic carbocycles. The fourth-order valence-electron chi connectivity index (χ4n) is 1.80. The highest BCUT2D eigenvalue weighted by atomic mass is 14.9. The zero-order valence-corrected chi connectivity index (χ0v) is 9.90. The van der Waals surface area contributed by atoms with Crippen molar-refractivity contribution in [2.24, 2.45) is 5.92 Å². The molecule has 1 heterocycles. The van der Waals surface area contributed by atoms with E-state index in [4.69, 9.17) is 0 Å². The second-order valence-electron chi connectivity index (χ2n) is 4.51. The number of aromatic nitrogens is 1. The van der Waals surface area contributed by atoms with Gasteiger partial charge in [-0.3, -0.25) is 4.98 Å². The lowest BCUT2D eigenvalue weighted by molar-refractivity contribution is 0.553. The normalized spacial score (nSPS) is 11.2. The van der Waals surface area contributed by atoms with Gasteiger partial charge in [0.15, 0.2) is 0 Å². The van der Waals surface area contributed by atoms with E-state index in [0.29, 0.717) is 5.92 Å². The van der Waals surface area contributed by atoms with Gasteiger partial charge in [-0.1, -0.05) is 32.0 Å². The summed E-state index contributed by atoms with van der Waals surface area (Å²) in [5.41, 5.74) is 2.40. The highest BCUT2D eigenvalue weighted by Gasteiger charge is 2.00. The number of pyridine rings is 1. The van der Waals surface area contributed by atoms with E-state index >= 15 is 0 Å². The first-order chi connectivity index (χ1) is 7.77. The molecule has 0 fully saturated rings. The van der Waals surface area contributed by atoms with Crippen molar-refractivity contribution in [1.29, 1.82) is 0 Å². The summed E-state index contributed by atoms with van der Waals surface area (Å²) in [6.45, 7) is 6.41. The molecule has 0 amide bonds. The average Bonchev–Trinajstić information content (AvgIpc) is 2.29. The standard InChI is InChI=1S/C14H18N2/c1-11(2)9-15-10-12-7-8-16-14-6-4-3-5-13(12)14/h3-8,11,15H,9-10H2,1-2H3. The highest BCUT2D eigenvalue weighted by molar-refractivity contribution is 5.81. The summed E-state index contributed by atoms with van der Waals surface area (Å²) in [5, 5.41) is 4.72. The lowest BCUT2D eigenvalue weighted by Crippen LogP contribution is -2.19. The fourth-order valence-corrected chi connectivity index (χ4v) is 1.80. The molecule has 0 spiro atoms. The van der Waals surface area contributed by atoms with Gasteiger partial charge in [0, 0.05) is 18.1 Å². The zero-order valence-electron chi connectivity index (χ0n) is 9.90. The van der Waals surface area contributed by atoms with E-state index in [9.17, 15) is 0 Å². The van der Waals surface area contributed by atoms with Crippen LogP contribution >= 0.6 is 0 Å². The first-order valence-corrected chi connectivity index (χ1v) is 5.80. The second-order valence-corrected chi connectivity index (χ2v) is 4.51. The van der Waals surface area contributed by atoms with Gasteiger partial charge >= 0.3 is 0 Å². The van der Waals surface area contributed by atoms with Crippen LogP contribution in [0.4, 0.5) is 0 Å². The number of hydrogen-bond acceptors (Lipinski definition) is 2. The first kappa shape index (κ1) is 11.1. The van der Waals surface area contributed by atoms with Crippen molar-refractivity contribution in [3.05, 3.63) is 42.1 Å². The molecule has 0 radical (unpaired) electrons. The molecule has 2 heteroatoms. The molecule has 0 saturated heterocycles. The zero-order chi connectivity index (χ0) is 11.4. The van der Waals surface area contributed by atoms with Crippen LogP contribution in [0.2, 0.25) is 0 Å². The summed E-state index contributed by atoms with van der Waals surface area (Å²) in [6, 6.07) is 10.4.